The third-order valence-corrected chi connectivity index (χ3v) is 8.34. The van der Waals surface area contributed by atoms with Crippen LogP contribution in [0.4, 0.5) is 0 Å². The summed E-state index contributed by atoms with van der Waals surface area (Å²) < 4.78 is 7.38. The van der Waals surface area contributed by atoms with E-state index in [1.165, 1.54) is 6.42 Å². The van der Waals surface area contributed by atoms with Crippen molar-refractivity contribution in [1.82, 2.24) is 25.0 Å². The molecule has 2 fully saturated rings. The highest BCUT2D eigenvalue weighted by molar-refractivity contribution is 6.01. The molecule has 9 heteroatoms. The molecule has 0 bridgehead atoms. The molecule has 0 radical (unpaired) electrons. The van der Waals surface area contributed by atoms with Gasteiger partial charge in [-0.3, -0.25) is 14.4 Å². The van der Waals surface area contributed by atoms with E-state index in [0.29, 0.717) is 45.0 Å². The minimum absolute atomic E-state index is 0.0121. The number of ether oxygens (including phenoxy) is 1. The number of amides is 3. The Morgan fingerprint density at radius 2 is 1.68 bits per heavy atom. The first-order valence-electron chi connectivity index (χ1n) is 14.0. The number of likely N-dealkylation sites (N-methyl/N-ethyl adjacent to an activating group) is 1. The van der Waals surface area contributed by atoms with Crippen LogP contribution in [0.3, 0.4) is 0 Å². The van der Waals surface area contributed by atoms with Gasteiger partial charge in [0.15, 0.2) is 0 Å². The highest BCUT2D eigenvalue weighted by Crippen LogP contribution is 2.29. The number of aromatic nitrogens is 1. The summed E-state index contributed by atoms with van der Waals surface area (Å²) in [6.07, 6.45) is 5.26. The van der Waals surface area contributed by atoms with Gasteiger partial charge in [-0.15, -0.1) is 0 Å². The van der Waals surface area contributed by atoms with Crippen molar-refractivity contribution in [3.8, 4) is 0 Å². The quantitative estimate of drug-likeness (QED) is 0.525. The molecule has 0 spiro atoms. The molecule has 208 valence electrons. The van der Waals surface area contributed by atoms with Gasteiger partial charge in [-0.25, -0.2) is 0 Å². The van der Waals surface area contributed by atoms with Gasteiger partial charge in [-0.05, 0) is 51.3 Å². The van der Waals surface area contributed by atoms with Crippen LogP contribution in [0, 0.1) is 12.8 Å². The molecule has 1 saturated carbocycles. The lowest BCUT2D eigenvalue weighted by molar-refractivity contribution is -0.140. The van der Waals surface area contributed by atoms with E-state index >= 15 is 0 Å². The normalized spacial score (nSPS) is 18.4. The summed E-state index contributed by atoms with van der Waals surface area (Å²) in [6, 6.07) is 7.20. The fraction of sp³-hybridized carbons (Fsp3) is 0.621. The largest absolute Gasteiger partial charge is 0.383 e. The number of benzene rings is 1. The summed E-state index contributed by atoms with van der Waals surface area (Å²) in [4.78, 5) is 43.9. The van der Waals surface area contributed by atoms with E-state index in [0.717, 1.165) is 42.1 Å². The van der Waals surface area contributed by atoms with Gasteiger partial charge < -0.3 is 29.7 Å². The molecule has 3 amide bonds. The SMILES string of the molecule is CNC(C)C(=O)NC(C(=O)N1CCN(C(=O)c2c(C)c3ccccc3n2CCOC)CC1)C1CCCCC1. The maximum atomic E-state index is 13.8. The fourth-order valence-corrected chi connectivity index (χ4v) is 5.90. The molecule has 2 heterocycles. The zero-order chi connectivity index (χ0) is 27.2. The third kappa shape index (κ3) is 5.89. The maximum absolute atomic E-state index is 13.8. The van der Waals surface area contributed by atoms with Gasteiger partial charge in [0.25, 0.3) is 5.91 Å². The Hall–Kier alpha value is -2.91. The van der Waals surface area contributed by atoms with Crippen LogP contribution >= 0.6 is 0 Å². The first kappa shape index (κ1) is 28.1. The Balaban J connectivity index is 1.48. The summed E-state index contributed by atoms with van der Waals surface area (Å²) in [7, 11) is 3.41. The number of rotatable bonds is 9. The molecule has 1 aliphatic heterocycles. The monoisotopic (exact) mass is 525 g/mol. The molecule has 2 atom stereocenters. The molecule has 9 nitrogen and oxygen atoms in total. The summed E-state index contributed by atoms with van der Waals surface area (Å²) >= 11 is 0. The first-order chi connectivity index (χ1) is 18.4. The fourth-order valence-electron chi connectivity index (χ4n) is 5.90. The van der Waals surface area contributed by atoms with Gasteiger partial charge in [0.2, 0.25) is 11.8 Å². The highest BCUT2D eigenvalue weighted by Gasteiger charge is 2.36. The Morgan fingerprint density at radius 1 is 1.03 bits per heavy atom. The van der Waals surface area contributed by atoms with E-state index in [-0.39, 0.29) is 29.7 Å². The number of hydrogen-bond acceptors (Lipinski definition) is 5. The molecular formula is C29H43N5O4. The van der Waals surface area contributed by atoms with E-state index in [4.69, 9.17) is 4.74 Å². The molecule has 1 aliphatic carbocycles. The van der Waals surface area contributed by atoms with Gasteiger partial charge in [0.05, 0.1) is 12.6 Å². The maximum Gasteiger partial charge on any atom is 0.270 e. The number of carbonyl (C=O) groups excluding carboxylic acids is 3. The van der Waals surface area contributed by atoms with E-state index in [1.54, 1.807) is 21.1 Å². The minimum Gasteiger partial charge on any atom is -0.383 e. The average molecular weight is 526 g/mol. The number of methoxy groups -OCH3 is 1. The van der Waals surface area contributed by atoms with Crippen LogP contribution in [0.25, 0.3) is 10.9 Å². The van der Waals surface area contributed by atoms with Gasteiger partial charge in [-0.2, -0.15) is 0 Å². The second-order valence-electron chi connectivity index (χ2n) is 10.6. The molecule has 1 aromatic heterocycles. The molecule has 2 aromatic rings. The van der Waals surface area contributed by atoms with E-state index < -0.39 is 6.04 Å². The number of hydrogen-bond donors (Lipinski definition) is 2. The Morgan fingerprint density at radius 3 is 2.34 bits per heavy atom. The molecule has 38 heavy (non-hydrogen) atoms. The summed E-state index contributed by atoms with van der Waals surface area (Å²) in [6.45, 7) is 6.77. The Kier molecular flexibility index (Phi) is 9.44. The van der Waals surface area contributed by atoms with Gasteiger partial charge in [0, 0.05) is 50.7 Å². The number of carbonyl (C=O) groups is 3. The van der Waals surface area contributed by atoms with Crippen LogP contribution in [0.2, 0.25) is 0 Å². The number of piperazine rings is 1. The van der Waals surface area contributed by atoms with E-state index in [1.807, 2.05) is 34.9 Å². The number of aryl methyl sites for hydroxylation is 1. The van der Waals surface area contributed by atoms with E-state index in [2.05, 4.69) is 21.3 Å². The van der Waals surface area contributed by atoms with Crippen molar-refractivity contribution in [2.45, 2.75) is 64.6 Å². The number of fused-ring (bicyclic) bond motifs is 1. The third-order valence-electron chi connectivity index (χ3n) is 8.34. The lowest BCUT2D eigenvalue weighted by Gasteiger charge is -2.39. The molecule has 4 rings (SSSR count). The molecule has 2 unspecified atom stereocenters. The van der Waals surface area contributed by atoms with Gasteiger partial charge in [0.1, 0.15) is 11.7 Å². The van der Waals surface area contributed by atoms with Gasteiger partial charge >= 0.3 is 0 Å². The van der Waals surface area contributed by atoms with Gasteiger partial charge in [-0.1, -0.05) is 37.5 Å². The lowest BCUT2D eigenvalue weighted by atomic mass is 9.83. The molecule has 1 saturated heterocycles. The number of para-hydroxylation sites is 1. The predicted octanol–water partition coefficient (Wildman–Crippen LogP) is 2.55. The summed E-state index contributed by atoms with van der Waals surface area (Å²) in [5.41, 5.74) is 2.69. The summed E-state index contributed by atoms with van der Waals surface area (Å²) in [5.74, 6) is -0.0272. The Labute approximate surface area is 225 Å². The van der Waals surface area contributed by atoms with Crippen LogP contribution in [0.1, 0.15) is 55.1 Å². The van der Waals surface area contributed by atoms with Crippen LogP contribution in [0.15, 0.2) is 24.3 Å². The average Bonchev–Trinajstić information content (AvgIpc) is 3.25. The summed E-state index contributed by atoms with van der Waals surface area (Å²) in [5, 5.41) is 7.09. The predicted molar refractivity (Wildman–Crippen MR) is 148 cm³/mol. The number of nitrogens with zero attached hydrogens (tertiary/aromatic N) is 3. The zero-order valence-electron chi connectivity index (χ0n) is 23.3. The molecule has 2 N–H and O–H groups in total. The van der Waals surface area contributed by atoms with Crippen LogP contribution < -0.4 is 10.6 Å². The van der Waals surface area contributed by atoms with Crippen LogP contribution in [-0.4, -0.2) is 91.1 Å². The van der Waals surface area contributed by atoms with Crippen molar-refractivity contribution in [2.24, 2.45) is 5.92 Å². The zero-order valence-corrected chi connectivity index (χ0v) is 23.3. The molecule has 2 aliphatic rings. The smallest absolute Gasteiger partial charge is 0.270 e. The first-order valence-corrected chi connectivity index (χ1v) is 14.0. The Bertz CT molecular complexity index is 1130. The minimum atomic E-state index is -0.514. The molecular weight excluding hydrogens is 482 g/mol. The second kappa shape index (κ2) is 12.8. The van der Waals surface area contributed by atoms with E-state index in [9.17, 15) is 14.4 Å². The van der Waals surface area contributed by atoms with Crippen molar-refractivity contribution < 1.29 is 19.1 Å². The van der Waals surface area contributed by atoms with Crippen molar-refractivity contribution in [3.05, 3.63) is 35.5 Å². The topological polar surface area (TPSA) is 95.9 Å². The standard InChI is InChI=1S/C29H43N5O4/c1-20-23-12-8-9-13-24(23)34(18-19-38-4)26(20)29(37)33-16-14-32(15-17-33)28(36)25(22-10-6-5-7-11-22)31-27(35)21(2)30-3/h8-9,12-13,21-22,25,30H,5-7,10-11,14-19H2,1-4H3,(H,31,35). The van der Waals surface area contributed by atoms with Crippen molar-refractivity contribution in [3.63, 3.8) is 0 Å². The second-order valence-corrected chi connectivity index (χ2v) is 10.6. The van der Waals surface area contributed by atoms with Crippen molar-refractivity contribution in [2.75, 3.05) is 46.9 Å². The number of nitrogens with one attached hydrogen (secondary N) is 2. The van der Waals surface area contributed by atoms with Crippen molar-refractivity contribution >= 4 is 28.6 Å². The molecule has 1 aromatic carbocycles. The lowest BCUT2D eigenvalue weighted by Crippen LogP contribution is -2.59. The van der Waals surface area contributed by atoms with Crippen molar-refractivity contribution in [1.29, 1.82) is 0 Å². The van der Waals surface area contributed by atoms with Crippen LogP contribution in [-0.2, 0) is 20.9 Å². The highest BCUT2D eigenvalue weighted by atomic mass is 16.5. The van der Waals surface area contributed by atoms with Crippen LogP contribution in [0.5, 0.6) is 0 Å².